The zero-order chi connectivity index (χ0) is 11.8. The summed E-state index contributed by atoms with van der Waals surface area (Å²) < 4.78 is 0. The van der Waals surface area contributed by atoms with E-state index in [1.54, 1.807) is 0 Å². The van der Waals surface area contributed by atoms with Crippen LogP contribution in [0.2, 0.25) is 0 Å². The quantitative estimate of drug-likeness (QED) is 0.753. The van der Waals surface area contributed by atoms with E-state index >= 15 is 0 Å². The molecule has 88 valence electrons. The van der Waals surface area contributed by atoms with E-state index in [1.165, 1.54) is 30.5 Å². The number of fused-ring (bicyclic) bond motifs is 1. The molecule has 1 heterocycles. The highest BCUT2D eigenvalue weighted by atomic mass is 79.9. The first kappa shape index (κ1) is 12.1. The lowest BCUT2D eigenvalue weighted by Crippen LogP contribution is -2.24. The second-order valence-corrected chi connectivity index (χ2v) is 7.18. The van der Waals surface area contributed by atoms with E-state index in [4.69, 9.17) is 0 Å². The zero-order valence-corrected chi connectivity index (χ0v) is 11.9. The fourth-order valence-electron chi connectivity index (χ4n) is 3.04. The van der Waals surface area contributed by atoms with Crippen LogP contribution in [-0.2, 0) is 6.42 Å². The summed E-state index contributed by atoms with van der Waals surface area (Å²) in [5.41, 5.74) is 3.14. The monoisotopic (exact) mass is 281 g/mol. The van der Waals surface area contributed by atoms with Crippen LogP contribution in [0.4, 0.5) is 0 Å². The van der Waals surface area contributed by atoms with Crippen LogP contribution in [-0.4, -0.2) is 9.81 Å². The molecule has 0 aliphatic heterocycles. The lowest BCUT2D eigenvalue weighted by Gasteiger charge is -2.33. The van der Waals surface area contributed by atoms with Crippen LogP contribution >= 0.6 is 15.9 Å². The Bertz CT molecular complexity index is 371. The highest BCUT2D eigenvalue weighted by Gasteiger charge is 2.36. The van der Waals surface area contributed by atoms with Gasteiger partial charge in [0.25, 0.3) is 0 Å². The van der Waals surface area contributed by atoms with Crippen LogP contribution in [0.15, 0.2) is 18.3 Å². The Morgan fingerprint density at radius 1 is 1.56 bits per heavy atom. The first-order chi connectivity index (χ1) is 7.50. The summed E-state index contributed by atoms with van der Waals surface area (Å²) in [7, 11) is 0. The molecular formula is C14H20BrN. The van der Waals surface area contributed by atoms with Crippen molar-refractivity contribution in [1.82, 2.24) is 4.98 Å². The van der Waals surface area contributed by atoms with Crippen LogP contribution in [0.1, 0.15) is 50.8 Å². The van der Waals surface area contributed by atoms with Gasteiger partial charge in [0.2, 0.25) is 0 Å². The molecule has 0 aromatic carbocycles. The Labute approximate surface area is 107 Å². The third-order valence-electron chi connectivity index (χ3n) is 3.71. The topological polar surface area (TPSA) is 12.9 Å². The van der Waals surface area contributed by atoms with Crippen molar-refractivity contribution in [1.29, 1.82) is 0 Å². The standard InChI is InChI=1S/C14H20BrN/c1-10(15)9-14(2,3)12-7-6-11-5-4-8-16-13(11)12/h4-5,8,10,12H,6-7,9H2,1-3H3. The van der Waals surface area contributed by atoms with E-state index in [0.29, 0.717) is 16.2 Å². The maximum atomic E-state index is 4.60. The SMILES string of the molecule is CC(Br)CC(C)(C)C1CCc2cccnc21. The molecule has 1 aromatic heterocycles. The van der Waals surface area contributed by atoms with Gasteiger partial charge in [-0.2, -0.15) is 0 Å². The van der Waals surface area contributed by atoms with Crippen LogP contribution in [0.3, 0.4) is 0 Å². The molecule has 0 saturated carbocycles. The second kappa shape index (κ2) is 4.48. The highest BCUT2D eigenvalue weighted by molar-refractivity contribution is 9.09. The fourth-order valence-corrected chi connectivity index (χ4v) is 3.87. The average molecular weight is 282 g/mol. The van der Waals surface area contributed by atoms with Gasteiger partial charge in [-0.25, -0.2) is 0 Å². The van der Waals surface area contributed by atoms with Crippen molar-refractivity contribution in [2.45, 2.75) is 50.8 Å². The molecule has 0 N–H and O–H groups in total. The summed E-state index contributed by atoms with van der Waals surface area (Å²) in [5.74, 6) is 0.628. The molecule has 2 atom stereocenters. The minimum absolute atomic E-state index is 0.336. The molecule has 0 bridgehead atoms. The number of halogens is 1. The van der Waals surface area contributed by atoms with Crippen molar-refractivity contribution < 1.29 is 0 Å². The van der Waals surface area contributed by atoms with E-state index in [0.717, 1.165) is 0 Å². The first-order valence-electron chi connectivity index (χ1n) is 6.08. The zero-order valence-electron chi connectivity index (χ0n) is 10.3. The van der Waals surface area contributed by atoms with E-state index in [2.05, 4.69) is 53.8 Å². The molecule has 1 aliphatic rings. The molecular weight excluding hydrogens is 262 g/mol. The number of nitrogens with zero attached hydrogens (tertiary/aromatic N) is 1. The number of rotatable bonds is 3. The van der Waals surface area contributed by atoms with Crippen LogP contribution in [0, 0.1) is 5.41 Å². The van der Waals surface area contributed by atoms with Gasteiger partial charge in [-0.3, -0.25) is 4.98 Å². The number of hydrogen-bond acceptors (Lipinski definition) is 1. The smallest absolute Gasteiger partial charge is 0.0471 e. The molecule has 2 unspecified atom stereocenters. The van der Waals surface area contributed by atoms with Gasteiger partial charge in [-0.1, -0.05) is 42.8 Å². The predicted octanol–water partition coefficient (Wildman–Crippen LogP) is 4.31. The average Bonchev–Trinajstić information content (AvgIpc) is 2.59. The van der Waals surface area contributed by atoms with Gasteiger partial charge >= 0.3 is 0 Å². The van der Waals surface area contributed by atoms with Crippen LogP contribution in [0.25, 0.3) is 0 Å². The second-order valence-electron chi connectivity index (χ2n) is 5.61. The van der Waals surface area contributed by atoms with E-state index in [9.17, 15) is 0 Å². The molecule has 1 aromatic rings. The van der Waals surface area contributed by atoms with E-state index < -0.39 is 0 Å². The maximum absolute atomic E-state index is 4.60. The van der Waals surface area contributed by atoms with Gasteiger partial charge in [0.15, 0.2) is 0 Å². The van der Waals surface area contributed by atoms with Crippen molar-refractivity contribution in [3.05, 3.63) is 29.6 Å². The van der Waals surface area contributed by atoms with Gasteiger partial charge in [-0.15, -0.1) is 0 Å². The summed E-state index contributed by atoms with van der Waals surface area (Å²) in [6.07, 6.45) is 5.60. The third kappa shape index (κ3) is 2.32. The number of aromatic nitrogens is 1. The molecule has 2 heteroatoms. The van der Waals surface area contributed by atoms with Crippen LogP contribution in [0.5, 0.6) is 0 Å². The normalized spacial score (nSPS) is 21.9. The predicted molar refractivity (Wildman–Crippen MR) is 72.1 cm³/mol. The summed E-state index contributed by atoms with van der Waals surface area (Å²) in [4.78, 5) is 5.18. The molecule has 16 heavy (non-hydrogen) atoms. The highest BCUT2D eigenvalue weighted by Crippen LogP contribution is 2.46. The number of aryl methyl sites for hydroxylation is 1. The van der Waals surface area contributed by atoms with Crippen molar-refractivity contribution in [3.63, 3.8) is 0 Å². The molecule has 0 spiro atoms. The number of alkyl halides is 1. The molecule has 0 radical (unpaired) electrons. The minimum atomic E-state index is 0.336. The molecule has 2 rings (SSSR count). The Morgan fingerprint density at radius 3 is 3.00 bits per heavy atom. The van der Waals surface area contributed by atoms with Crippen molar-refractivity contribution in [2.24, 2.45) is 5.41 Å². The van der Waals surface area contributed by atoms with Gasteiger partial charge in [0.1, 0.15) is 0 Å². The van der Waals surface area contributed by atoms with Gasteiger partial charge in [-0.05, 0) is 36.3 Å². The number of hydrogen-bond donors (Lipinski definition) is 0. The van der Waals surface area contributed by atoms with Gasteiger partial charge in [0, 0.05) is 22.6 Å². The van der Waals surface area contributed by atoms with Gasteiger partial charge in [0.05, 0.1) is 0 Å². The van der Waals surface area contributed by atoms with Crippen molar-refractivity contribution >= 4 is 15.9 Å². The van der Waals surface area contributed by atoms with E-state index in [-0.39, 0.29) is 0 Å². The Morgan fingerprint density at radius 2 is 2.31 bits per heavy atom. The fraction of sp³-hybridized carbons (Fsp3) is 0.643. The van der Waals surface area contributed by atoms with Gasteiger partial charge < -0.3 is 0 Å². The molecule has 0 saturated heterocycles. The summed E-state index contributed by atoms with van der Waals surface area (Å²) in [6.45, 7) is 6.98. The summed E-state index contributed by atoms with van der Waals surface area (Å²) in [5, 5.41) is 0. The van der Waals surface area contributed by atoms with E-state index in [1.807, 2.05) is 6.20 Å². The molecule has 0 fully saturated rings. The van der Waals surface area contributed by atoms with Crippen LogP contribution < -0.4 is 0 Å². The first-order valence-corrected chi connectivity index (χ1v) is 7.00. The third-order valence-corrected chi connectivity index (χ3v) is 4.03. The molecule has 1 nitrogen and oxygen atoms in total. The Balaban J connectivity index is 2.24. The lowest BCUT2D eigenvalue weighted by atomic mass is 9.74. The Hall–Kier alpha value is -0.370. The lowest BCUT2D eigenvalue weighted by molar-refractivity contribution is 0.259. The maximum Gasteiger partial charge on any atom is 0.0471 e. The summed E-state index contributed by atoms with van der Waals surface area (Å²) in [6, 6.07) is 4.29. The Kier molecular flexibility index (Phi) is 3.39. The number of pyridine rings is 1. The summed E-state index contributed by atoms with van der Waals surface area (Å²) >= 11 is 3.68. The molecule has 0 amide bonds. The minimum Gasteiger partial charge on any atom is -0.261 e. The molecule has 1 aliphatic carbocycles. The van der Waals surface area contributed by atoms with Crippen molar-refractivity contribution in [3.8, 4) is 0 Å². The van der Waals surface area contributed by atoms with Crippen molar-refractivity contribution in [2.75, 3.05) is 0 Å². The largest absolute Gasteiger partial charge is 0.261 e.